The summed E-state index contributed by atoms with van der Waals surface area (Å²) in [6, 6.07) is 5.10. The van der Waals surface area contributed by atoms with Crippen LogP contribution < -0.4 is 10.2 Å². The number of sulfonamides is 1. The van der Waals surface area contributed by atoms with Gasteiger partial charge in [0.2, 0.25) is 15.9 Å². The number of carbonyl (C=O) groups excluding carboxylic acids is 1. The minimum atomic E-state index is -3.59. The number of carbonyl (C=O) groups is 1. The van der Waals surface area contributed by atoms with E-state index < -0.39 is 10.0 Å². The zero-order valence-corrected chi connectivity index (χ0v) is 18.8. The molecule has 164 valence electrons. The smallest absolute Gasteiger partial charge is 0.243 e. The highest BCUT2D eigenvalue weighted by Crippen LogP contribution is 2.32. The maximum absolute atomic E-state index is 12.9. The second kappa shape index (κ2) is 11.5. The van der Waals surface area contributed by atoms with Gasteiger partial charge in [-0.15, -0.1) is 0 Å². The van der Waals surface area contributed by atoms with Gasteiger partial charge in [-0.05, 0) is 50.8 Å². The first-order valence-corrected chi connectivity index (χ1v) is 12.1. The van der Waals surface area contributed by atoms with E-state index in [-0.39, 0.29) is 10.8 Å². The molecule has 7 nitrogen and oxygen atoms in total. The number of hydrogen-bond acceptors (Lipinski definition) is 5. The first-order chi connectivity index (χ1) is 13.9. The fraction of sp³-hybridized carbons (Fsp3) is 0.667. The van der Waals surface area contributed by atoms with Crippen molar-refractivity contribution >= 4 is 27.3 Å². The molecular weight excluding hydrogens is 390 g/mol. The van der Waals surface area contributed by atoms with Crippen molar-refractivity contribution in [1.29, 1.82) is 0 Å². The summed E-state index contributed by atoms with van der Waals surface area (Å²) in [5, 5.41) is 2.95. The molecule has 1 N–H and O–H groups in total. The standard InChI is InChI=1S/C21H35N3O4S/c1-4-24(5-2)29(26,27)18-12-13-20(23-14-8-7-9-15-23)19(17-18)22-21(25)11-10-16-28-6-3/h12-13,17H,4-11,14-16H2,1-3H3,(H,22,25). The lowest BCUT2D eigenvalue weighted by Gasteiger charge is -2.31. The van der Waals surface area contributed by atoms with Crippen LogP contribution in [-0.2, 0) is 19.6 Å². The zero-order valence-electron chi connectivity index (χ0n) is 17.9. The maximum atomic E-state index is 12.9. The average molecular weight is 426 g/mol. The molecule has 1 aliphatic rings. The van der Waals surface area contributed by atoms with Crippen molar-refractivity contribution in [3.05, 3.63) is 18.2 Å². The van der Waals surface area contributed by atoms with E-state index in [9.17, 15) is 13.2 Å². The first-order valence-electron chi connectivity index (χ1n) is 10.7. The monoisotopic (exact) mass is 425 g/mol. The van der Waals surface area contributed by atoms with Crippen LogP contribution in [0.5, 0.6) is 0 Å². The Bertz CT molecular complexity index is 757. The average Bonchev–Trinajstić information content (AvgIpc) is 2.72. The molecule has 0 aromatic heterocycles. The third-order valence-electron chi connectivity index (χ3n) is 5.18. The van der Waals surface area contributed by atoms with E-state index in [4.69, 9.17) is 4.74 Å². The number of rotatable bonds is 11. The van der Waals surface area contributed by atoms with E-state index in [0.29, 0.717) is 44.8 Å². The second-order valence-corrected chi connectivity index (χ2v) is 9.10. The molecule has 0 radical (unpaired) electrons. The summed E-state index contributed by atoms with van der Waals surface area (Å²) < 4.78 is 32.6. The molecule has 1 fully saturated rings. The van der Waals surface area contributed by atoms with E-state index in [0.717, 1.165) is 31.6 Å². The molecule has 1 aliphatic heterocycles. The SMILES string of the molecule is CCOCCCC(=O)Nc1cc(S(=O)(=O)N(CC)CC)ccc1N1CCCCC1. The number of benzene rings is 1. The van der Waals surface area contributed by atoms with Crippen LogP contribution in [0.1, 0.15) is 52.9 Å². The van der Waals surface area contributed by atoms with Gasteiger partial charge in [0.05, 0.1) is 16.3 Å². The first kappa shape index (κ1) is 23.6. The van der Waals surface area contributed by atoms with Crippen molar-refractivity contribution in [2.75, 3.05) is 49.6 Å². The van der Waals surface area contributed by atoms with E-state index in [1.807, 2.05) is 26.8 Å². The predicted octanol–water partition coefficient (Wildman–Crippen LogP) is 3.46. The van der Waals surface area contributed by atoms with Crippen molar-refractivity contribution in [1.82, 2.24) is 4.31 Å². The van der Waals surface area contributed by atoms with Crippen molar-refractivity contribution in [3.63, 3.8) is 0 Å². The molecule has 2 rings (SSSR count). The molecule has 0 spiro atoms. The molecular formula is C21H35N3O4S. The van der Waals surface area contributed by atoms with Crippen LogP contribution >= 0.6 is 0 Å². The van der Waals surface area contributed by atoms with E-state index in [2.05, 4.69) is 10.2 Å². The normalized spacial score (nSPS) is 15.0. The number of piperidine rings is 1. The predicted molar refractivity (Wildman–Crippen MR) is 117 cm³/mol. The van der Waals surface area contributed by atoms with Crippen molar-refractivity contribution in [2.45, 2.75) is 57.8 Å². The fourth-order valence-corrected chi connectivity index (χ4v) is 5.08. The number of nitrogens with zero attached hydrogens (tertiary/aromatic N) is 2. The van der Waals surface area contributed by atoms with Crippen LogP contribution in [0.2, 0.25) is 0 Å². The molecule has 0 bridgehead atoms. The molecule has 1 aromatic carbocycles. The Balaban J connectivity index is 2.28. The van der Waals surface area contributed by atoms with Crippen molar-refractivity contribution in [2.24, 2.45) is 0 Å². The van der Waals surface area contributed by atoms with E-state index in [1.54, 1.807) is 12.1 Å². The lowest BCUT2D eigenvalue weighted by atomic mass is 10.1. The van der Waals surface area contributed by atoms with Crippen molar-refractivity contribution in [3.8, 4) is 0 Å². The van der Waals surface area contributed by atoms with Gasteiger partial charge in [-0.25, -0.2) is 8.42 Å². The van der Waals surface area contributed by atoms with Crippen LogP contribution in [0.15, 0.2) is 23.1 Å². The zero-order chi connectivity index (χ0) is 21.3. The molecule has 0 atom stereocenters. The van der Waals surface area contributed by atoms with Gasteiger partial charge in [-0.2, -0.15) is 4.31 Å². The number of amides is 1. The van der Waals surface area contributed by atoms with Crippen LogP contribution in [0.3, 0.4) is 0 Å². The lowest BCUT2D eigenvalue weighted by Crippen LogP contribution is -2.32. The quantitative estimate of drug-likeness (QED) is 0.549. The third-order valence-corrected chi connectivity index (χ3v) is 7.22. The van der Waals surface area contributed by atoms with E-state index >= 15 is 0 Å². The summed E-state index contributed by atoms with van der Waals surface area (Å²) in [4.78, 5) is 14.9. The van der Waals surface area contributed by atoms with Crippen LogP contribution in [0.4, 0.5) is 11.4 Å². The highest BCUT2D eigenvalue weighted by Gasteiger charge is 2.24. The summed E-state index contributed by atoms with van der Waals surface area (Å²) in [6.07, 6.45) is 4.37. The Labute approximate surface area is 175 Å². The second-order valence-electron chi connectivity index (χ2n) is 7.16. The Morgan fingerprint density at radius 1 is 1.14 bits per heavy atom. The molecule has 0 saturated carbocycles. The molecule has 0 unspecified atom stereocenters. The summed E-state index contributed by atoms with van der Waals surface area (Å²) in [5.74, 6) is -0.125. The molecule has 29 heavy (non-hydrogen) atoms. The van der Waals surface area contributed by atoms with Gasteiger partial charge in [-0.3, -0.25) is 4.79 Å². The Morgan fingerprint density at radius 2 is 1.83 bits per heavy atom. The number of hydrogen-bond donors (Lipinski definition) is 1. The fourth-order valence-electron chi connectivity index (χ4n) is 3.59. The van der Waals surface area contributed by atoms with Crippen LogP contribution in [0, 0.1) is 0 Å². The van der Waals surface area contributed by atoms with Gasteiger partial charge in [0, 0.05) is 45.8 Å². The summed E-state index contributed by atoms with van der Waals surface area (Å²) in [6.45, 7) is 9.38. The molecule has 1 heterocycles. The van der Waals surface area contributed by atoms with Gasteiger partial charge in [-0.1, -0.05) is 13.8 Å². The third kappa shape index (κ3) is 6.42. The Hall–Kier alpha value is -1.64. The topological polar surface area (TPSA) is 78.9 Å². The highest BCUT2D eigenvalue weighted by atomic mass is 32.2. The largest absolute Gasteiger partial charge is 0.382 e. The molecule has 1 amide bonds. The number of ether oxygens (including phenoxy) is 1. The summed E-state index contributed by atoms with van der Waals surface area (Å²) >= 11 is 0. The van der Waals surface area contributed by atoms with Crippen molar-refractivity contribution < 1.29 is 17.9 Å². The van der Waals surface area contributed by atoms with Crippen LogP contribution in [-0.4, -0.2) is 58.0 Å². The summed E-state index contributed by atoms with van der Waals surface area (Å²) in [5.41, 5.74) is 1.46. The van der Waals surface area contributed by atoms with Gasteiger partial charge >= 0.3 is 0 Å². The molecule has 0 aliphatic carbocycles. The number of anilines is 2. The lowest BCUT2D eigenvalue weighted by molar-refractivity contribution is -0.116. The van der Waals surface area contributed by atoms with E-state index in [1.165, 1.54) is 10.7 Å². The minimum Gasteiger partial charge on any atom is -0.382 e. The molecule has 1 aromatic rings. The molecule has 1 saturated heterocycles. The minimum absolute atomic E-state index is 0.125. The molecule has 8 heteroatoms. The Morgan fingerprint density at radius 3 is 2.45 bits per heavy atom. The van der Waals surface area contributed by atoms with Gasteiger partial charge in [0.15, 0.2) is 0 Å². The van der Waals surface area contributed by atoms with Gasteiger partial charge in [0.1, 0.15) is 0 Å². The summed E-state index contributed by atoms with van der Waals surface area (Å²) in [7, 11) is -3.59. The van der Waals surface area contributed by atoms with Crippen LogP contribution in [0.25, 0.3) is 0 Å². The van der Waals surface area contributed by atoms with Gasteiger partial charge in [0.25, 0.3) is 0 Å². The maximum Gasteiger partial charge on any atom is 0.243 e. The Kier molecular flexibility index (Phi) is 9.39. The highest BCUT2D eigenvalue weighted by molar-refractivity contribution is 7.89. The number of nitrogens with one attached hydrogen (secondary N) is 1. The van der Waals surface area contributed by atoms with Gasteiger partial charge < -0.3 is 15.0 Å².